The summed E-state index contributed by atoms with van der Waals surface area (Å²) < 4.78 is 14.1. The number of likely N-dealkylation sites (tertiary alicyclic amines) is 2. The number of piperidine rings is 2. The third kappa shape index (κ3) is 3.14. The molecule has 0 spiro atoms. The molecule has 2 atom stereocenters. The van der Waals surface area contributed by atoms with E-state index in [1.165, 1.54) is 36.6 Å². The van der Waals surface area contributed by atoms with Crippen molar-refractivity contribution in [1.29, 1.82) is 0 Å². The molecular formula is C24H27FN2O. The first-order chi connectivity index (χ1) is 13.7. The Balaban J connectivity index is 1.29. The highest BCUT2D eigenvalue weighted by atomic mass is 19.1. The molecule has 0 unspecified atom stereocenters. The van der Waals surface area contributed by atoms with Crippen LogP contribution >= 0.6 is 0 Å². The van der Waals surface area contributed by atoms with Crippen LogP contribution in [0.3, 0.4) is 0 Å². The molecular weight excluding hydrogens is 351 g/mol. The van der Waals surface area contributed by atoms with Gasteiger partial charge in [0.1, 0.15) is 5.82 Å². The topological polar surface area (TPSA) is 23.6 Å². The molecule has 28 heavy (non-hydrogen) atoms. The molecule has 2 saturated heterocycles. The van der Waals surface area contributed by atoms with Gasteiger partial charge in [-0.2, -0.15) is 0 Å². The van der Waals surface area contributed by atoms with Crippen molar-refractivity contribution in [3.63, 3.8) is 0 Å². The summed E-state index contributed by atoms with van der Waals surface area (Å²) in [6.45, 7) is 2.65. The lowest BCUT2D eigenvalue weighted by Crippen LogP contribution is -2.58. The monoisotopic (exact) mass is 378 g/mol. The van der Waals surface area contributed by atoms with Crippen molar-refractivity contribution in [2.24, 2.45) is 5.92 Å². The lowest BCUT2D eigenvalue weighted by molar-refractivity contribution is 0.00197. The van der Waals surface area contributed by atoms with E-state index >= 15 is 0 Å². The number of amides is 1. The predicted molar refractivity (Wildman–Crippen MR) is 108 cm³/mol. The summed E-state index contributed by atoms with van der Waals surface area (Å²) in [5, 5.41) is 0. The van der Waals surface area contributed by atoms with E-state index in [9.17, 15) is 9.18 Å². The highest BCUT2D eigenvalue weighted by molar-refractivity contribution is 5.94. The number of nitrogens with zero attached hydrogens (tertiary/aromatic N) is 2. The first-order valence-corrected chi connectivity index (χ1v) is 10.6. The summed E-state index contributed by atoms with van der Waals surface area (Å²) >= 11 is 0. The second kappa shape index (κ2) is 7.32. The second-order valence-corrected chi connectivity index (χ2v) is 8.56. The van der Waals surface area contributed by atoms with Crippen molar-refractivity contribution in [2.75, 3.05) is 19.6 Å². The van der Waals surface area contributed by atoms with Gasteiger partial charge in [-0.25, -0.2) is 4.39 Å². The summed E-state index contributed by atoms with van der Waals surface area (Å²) in [5.74, 6) is -0.0625. The fraction of sp³-hybridized carbons (Fsp3) is 0.458. The molecule has 2 aromatic rings. The second-order valence-electron chi connectivity index (χ2n) is 8.56. The molecule has 0 bridgehead atoms. The Morgan fingerprint density at radius 2 is 1.64 bits per heavy atom. The molecule has 2 aliphatic heterocycles. The number of carbonyl (C=O) groups is 1. The molecule has 2 fully saturated rings. The molecule has 2 aromatic carbocycles. The van der Waals surface area contributed by atoms with Crippen LogP contribution in [0.2, 0.25) is 0 Å². The number of hydrogen-bond acceptors (Lipinski definition) is 2. The first-order valence-electron chi connectivity index (χ1n) is 10.6. The van der Waals surface area contributed by atoms with Crippen molar-refractivity contribution in [3.05, 3.63) is 71.0 Å². The Hall–Kier alpha value is -2.20. The van der Waals surface area contributed by atoms with Crippen LogP contribution in [0.4, 0.5) is 4.39 Å². The van der Waals surface area contributed by atoms with Crippen LogP contribution < -0.4 is 0 Å². The van der Waals surface area contributed by atoms with E-state index in [1.807, 2.05) is 4.90 Å². The van der Waals surface area contributed by atoms with Crippen LogP contribution in [0, 0.1) is 11.7 Å². The molecule has 1 amide bonds. The van der Waals surface area contributed by atoms with Gasteiger partial charge in [0, 0.05) is 25.2 Å². The number of benzene rings is 2. The zero-order valence-electron chi connectivity index (χ0n) is 16.2. The van der Waals surface area contributed by atoms with E-state index in [-0.39, 0.29) is 11.5 Å². The molecule has 0 radical (unpaired) electrons. The smallest absolute Gasteiger partial charge is 0.256 e. The number of rotatable bonds is 2. The molecule has 3 nitrogen and oxygen atoms in total. The number of fused-ring (bicyclic) bond motifs is 2. The maximum absolute atomic E-state index is 14.1. The van der Waals surface area contributed by atoms with Crippen LogP contribution in [-0.2, 0) is 12.8 Å². The summed E-state index contributed by atoms with van der Waals surface area (Å²) in [5.41, 5.74) is 3.21. The zero-order valence-corrected chi connectivity index (χ0v) is 16.2. The minimum Gasteiger partial charge on any atom is -0.338 e. The van der Waals surface area contributed by atoms with Gasteiger partial charge in [0.2, 0.25) is 0 Å². The normalized spacial score (nSPS) is 25.4. The van der Waals surface area contributed by atoms with Crippen molar-refractivity contribution < 1.29 is 9.18 Å². The standard InChI is InChI=1S/C24H27FN2O/c25-22-10-4-3-9-21(22)24(28)26-13-11-23-19(16-26)8-5-12-27(23)20-14-17-6-1-2-7-18(17)15-20/h1-4,6-7,9-10,19-20,23H,5,8,11-16H2/t19-,23+/m0/s1. The number of hydrogen-bond donors (Lipinski definition) is 0. The van der Waals surface area contributed by atoms with Crippen molar-refractivity contribution in [2.45, 2.75) is 44.2 Å². The predicted octanol–water partition coefficient (Wildman–Crippen LogP) is 3.92. The molecule has 0 N–H and O–H groups in total. The van der Waals surface area contributed by atoms with Crippen molar-refractivity contribution in [3.8, 4) is 0 Å². The number of carbonyl (C=O) groups excluding carboxylic acids is 1. The summed E-state index contributed by atoms with van der Waals surface area (Å²) in [7, 11) is 0. The van der Waals surface area contributed by atoms with Crippen LogP contribution in [0.15, 0.2) is 48.5 Å². The maximum atomic E-state index is 14.1. The highest BCUT2D eigenvalue weighted by Gasteiger charge is 2.41. The average Bonchev–Trinajstić information content (AvgIpc) is 3.17. The van der Waals surface area contributed by atoms with Gasteiger partial charge in [0.05, 0.1) is 5.56 Å². The van der Waals surface area contributed by atoms with Crippen molar-refractivity contribution >= 4 is 5.91 Å². The van der Waals surface area contributed by atoms with E-state index in [1.54, 1.807) is 18.2 Å². The van der Waals surface area contributed by atoms with Gasteiger partial charge in [0.15, 0.2) is 0 Å². The van der Waals surface area contributed by atoms with Crippen LogP contribution in [-0.4, -0.2) is 47.4 Å². The Bertz CT molecular complexity index is 857. The van der Waals surface area contributed by atoms with Gasteiger partial charge in [-0.1, -0.05) is 36.4 Å². The minimum atomic E-state index is -0.413. The van der Waals surface area contributed by atoms with E-state index in [0.717, 1.165) is 32.4 Å². The van der Waals surface area contributed by atoms with Gasteiger partial charge in [0.25, 0.3) is 5.91 Å². The molecule has 2 heterocycles. The van der Waals surface area contributed by atoms with E-state index in [2.05, 4.69) is 29.2 Å². The maximum Gasteiger partial charge on any atom is 0.256 e. The van der Waals surface area contributed by atoms with Gasteiger partial charge in [-0.05, 0) is 67.8 Å². The SMILES string of the molecule is O=C(c1ccccc1F)N1CC[C@@H]2[C@@H](CCCN2C2Cc3ccccc3C2)C1. The lowest BCUT2D eigenvalue weighted by atomic mass is 9.82. The molecule has 0 aromatic heterocycles. The van der Waals surface area contributed by atoms with Crippen LogP contribution in [0.5, 0.6) is 0 Å². The fourth-order valence-corrected chi connectivity index (χ4v) is 5.65. The molecule has 0 saturated carbocycles. The Kier molecular flexibility index (Phi) is 4.67. The Labute approximate surface area is 166 Å². The van der Waals surface area contributed by atoms with Crippen LogP contribution in [0.1, 0.15) is 40.7 Å². The van der Waals surface area contributed by atoms with Gasteiger partial charge < -0.3 is 4.90 Å². The van der Waals surface area contributed by atoms with Gasteiger partial charge in [-0.15, -0.1) is 0 Å². The Morgan fingerprint density at radius 1 is 0.929 bits per heavy atom. The zero-order chi connectivity index (χ0) is 19.1. The first kappa shape index (κ1) is 17.9. The molecule has 3 aliphatic rings. The highest BCUT2D eigenvalue weighted by Crippen LogP contribution is 2.36. The van der Waals surface area contributed by atoms with Crippen molar-refractivity contribution in [1.82, 2.24) is 9.80 Å². The Morgan fingerprint density at radius 3 is 2.39 bits per heavy atom. The molecule has 4 heteroatoms. The minimum absolute atomic E-state index is 0.151. The third-order valence-corrected chi connectivity index (χ3v) is 7.00. The summed E-state index contributed by atoms with van der Waals surface area (Å²) in [6, 6.07) is 16.3. The van der Waals surface area contributed by atoms with E-state index in [0.29, 0.717) is 18.0 Å². The molecule has 146 valence electrons. The van der Waals surface area contributed by atoms with Gasteiger partial charge >= 0.3 is 0 Å². The summed E-state index contributed by atoms with van der Waals surface area (Å²) in [6.07, 6.45) is 5.66. The molecule has 1 aliphatic carbocycles. The third-order valence-electron chi connectivity index (χ3n) is 7.00. The van der Waals surface area contributed by atoms with Gasteiger partial charge in [-0.3, -0.25) is 9.69 Å². The quantitative estimate of drug-likeness (QED) is 0.791. The summed E-state index contributed by atoms with van der Waals surface area (Å²) in [4.78, 5) is 17.5. The number of halogens is 1. The fourth-order valence-electron chi connectivity index (χ4n) is 5.65. The molecule has 5 rings (SSSR count). The largest absolute Gasteiger partial charge is 0.338 e. The average molecular weight is 378 g/mol. The van der Waals surface area contributed by atoms with Crippen LogP contribution in [0.25, 0.3) is 0 Å². The van der Waals surface area contributed by atoms with E-state index in [4.69, 9.17) is 0 Å². The van der Waals surface area contributed by atoms with E-state index < -0.39 is 5.82 Å². The lowest BCUT2D eigenvalue weighted by Gasteiger charge is -2.49.